The number of carbonyl (C=O) groups is 1. The van der Waals surface area contributed by atoms with E-state index in [4.69, 9.17) is 9.15 Å². The molecule has 0 saturated heterocycles. The SMILES string of the molecule is COCCn1c(SCC(=O)NCc2ccco2)nnc1-c1cc2ccccc2cc1O. The van der Waals surface area contributed by atoms with Crippen LogP contribution in [0.1, 0.15) is 5.76 Å². The number of benzene rings is 2. The lowest BCUT2D eigenvalue weighted by Crippen LogP contribution is -2.24. The van der Waals surface area contributed by atoms with Crippen LogP contribution in [-0.2, 0) is 22.6 Å². The highest BCUT2D eigenvalue weighted by Crippen LogP contribution is 2.34. The fourth-order valence-electron chi connectivity index (χ4n) is 3.17. The fraction of sp³-hybridized carbons (Fsp3) is 0.227. The minimum atomic E-state index is -0.141. The molecule has 31 heavy (non-hydrogen) atoms. The van der Waals surface area contributed by atoms with E-state index in [-0.39, 0.29) is 17.4 Å². The normalized spacial score (nSPS) is 11.1. The van der Waals surface area contributed by atoms with Gasteiger partial charge in [0, 0.05) is 7.11 Å². The van der Waals surface area contributed by atoms with Gasteiger partial charge in [0.2, 0.25) is 5.91 Å². The summed E-state index contributed by atoms with van der Waals surface area (Å²) < 4.78 is 12.3. The summed E-state index contributed by atoms with van der Waals surface area (Å²) in [5, 5.41) is 24.5. The van der Waals surface area contributed by atoms with E-state index >= 15 is 0 Å². The van der Waals surface area contributed by atoms with Gasteiger partial charge in [-0.15, -0.1) is 10.2 Å². The molecule has 0 atom stereocenters. The van der Waals surface area contributed by atoms with Crippen molar-refractivity contribution in [1.82, 2.24) is 20.1 Å². The molecule has 4 aromatic rings. The van der Waals surface area contributed by atoms with E-state index in [0.717, 1.165) is 10.8 Å². The maximum absolute atomic E-state index is 12.2. The molecule has 8 nitrogen and oxygen atoms in total. The third kappa shape index (κ3) is 4.89. The zero-order valence-corrected chi connectivity index (χ0v) is 17.8. The summed E-state index contributed by atoms with van der Waals surface area (Å²) in [5.41, 5.74) is 0.580. The Morgan fingerprint density at radius 3 is 2.74 bits per heavy atom. The fourth-order valence-corrected chi connectivity index (χ4v) is 3.96. The predicted molar refractivity (Wildman–Crippen MR) is 118 cm³/mol. The Balaban J connectivity index is 1.54. The maximum atomic E-state index is 12.2. The molecule has 0 bridgehead atoms. The average Bonchev–Trinajstić information content (AvgIpc) is 3.44. The number of methoxy groups -OCH3 is 1. The molecule has 2 aromatic heterocycles. The average molecular weight is 439 g/mol. The van der Waals surface area contributed by atoms with Gasteiger partial charge in [0.05, 0.1) is 37.3 Å². The lowest BCUT2D eigenvalue weighted by Gasteiger charge is -2.11. The van der Waals surface area contributed by atoms with E-state index in [1.165, 1.54) is 11.8 Å². The molecule has 4 rings (SSSR count). The first-order valence-corrected chi connectivity index (χ1v) is 10.7. The van der Waals surface area contributed by atoms with Crippen molar-refractivity contribution in [2.75, 3.05) is 19.5 Å². The van der Waals surface area contributed by atoms with Gasteiger partial charge in [0.25, 0.3) is 0 Å². The van der Waals surface area contributed by atoms with Crippen LogP contribution in [0.3, 0.4) is 0 Å². The van der Waals surface area contributed by atoms with Crippen molar-refractivity contribution < 1.29 is 19.1 Å². The summed E-state index contributed by atoms with van der Waals surface area (Å²) in [6.07, 6.45) is 1.57. The van der Waals surface area contributed by atoms with Crippen LogP contribution in [0.25, 0.3) is 22.2 Å². The van der Waals surface area contributed by atoms with Crippen LogP contribution in [-0.4, -0.2) is 45.2 Å². The van der Waals surface area contributed by atoms with Crippen molar-refractivity contribution in [2.24, 2.45) is 0 Å². The number of hydrogen-bond acceptors (Lipinski definition) is 7. The summed E-state index contributed by atoms with van der Waals surface area (Å²) >= 11 is 1.28. The monoisotopic (exact) mass is 438 g/mol. The van der Waals surface area contributed by atoms with Crippen molar-refractivity contribution in [2.45, 2.75) is 18.2 Å². The van der Waals surface area contributed by atoms with Crippen LogP contribution in [0.5, 0.6) is 5.75 Å². The van der Waals surface area contributed by atoms with Crippen molar-refractivity contribution in [1.29, 1.82) is 0 Å². The predicted octanol–water partition coefficient (Wildman–Crippen LogP) is 3.45. The summed E-state index contributed by atoms with van der Waals surface area (Å²) in [4.78, 5) is 12.2. The van der Waals surface area contributed by atoms with Gasteiger partial charge in [0.15, 0.2) is 11.0 Å². The van der Waals surface area contributed by atoms with Crippen LogP contribution in [0.4, 0.5) is 0 Å². The van der Waals surface area contributed by atoms with Crippen molar-refractivity contribution in [3.8, 4) is 17.1 Å². The number of ether oxygens (including phenoxy) is 1. The molecule has 160 valence electrons. The van der Waals surface area contributed by atoms with Gasteiger partial charge >= 0.3 is 0 Å². The number of aromatic nitrogens is 3. The van der Waals surface area contributed by atoms with Gasteiger partial charge < -0.3 is 19.6 Å². The van der Waals surface area contributed by atoms with Gasteiger partial charge in [0.1, 0.15) is 11.5 Å². The zero-order valence-electron chi connectivity index (χ0n) is 16.9. The molecule has 0 spiro atoms. The number of hydrogen-bond donors (Lipinski definition) is 2. The Kier molecular flexibility index (Phi) is 6.54. The minimum absolute atomic E-state index is 0.123. The number of phenolic OH excluding ortho intramolecular Hbond substituents is 1. The van der Waals surface area contributed by atoms with Crippen LogP contribution in [0.2, 0.25) is 0 Å². The first-order valence-electron chi connectivity index (χ1n) is 9.72. The molecular formula is C22H22N4O4S. The van der Waals surface area contributed by atoms with Crippen molar-refractivity contribution >= 4 is 28.4 Å². The summed E-state index contributed by atoms with van der Waals surface area (Å²) in [5.74, 6) is 1.37. The number of fused-ring (bicyclic) bond motifs is 1. The van der Waals surface area contributed by atoms with E-state index in [2.05, 4.69) is 15.5 Å². The Bertz CT molecular complexity index is 1170. The topological polar surface area (TPSA) is 102 Å². The largest absolute Gasteiger partial charge is 0.507 e. The Hall–Kier alpha value is -3.30. The summed E-state index contributed by atoms with van der Waals surface area (Å²) in [7, 11) is 1.62. The molecule has 0 aliphatic carbocycles. The van der Waals surface area contributed by atoms with Crippen molar-refractivity contribution in [3.63, 3.8) is 0 Å². The number of nitrogens with zero attached hydrogens (tertiary/aromatic N) is 3. The molecule has 0 radical (unpaired) electrons. The van der Waals surface area contributed by atoms with Crippen LogP contribution in [0.15, 0.2) is 64.4 Å². The number of carbonyl (C=O) groups excluding carboxylic acids is 1. The molecule has 2 aromatic carbocycles. The van der Waals surface area contributed by atoms with Gasteiger partial charge in [-0.25, -0.2) is 0 Å². The number of thioether (sulfide) groups is 1. The lowest BCUT2D eigenvalue weighted by molar-refractivity contribution is -0.118. The second kappa shape index (κ2) is 9.67. The van der Waals surface area contributed by atoms with E-state index in [0.29, 0.717) is 42.0 Å². The molecule has 2 N–H and O–H groups in total. The highest BCUT2D eigenvalue weighted by Gasteiger charge is 2.18. The number of amides is 1. The second-order valence-corrected chi connectivity index (χ2v) is 7.75. The van der Waals surface area contributed by atoms with Crippen molar-refractivity contribution in [3.05, 3.63) is 60.6 Å². The molecule has 0 saturated carbocycles. The number of rotatable bonds is 9. The van der Waals surface area contributed by atoms with Gasteiger partial charge in [-0.3, -0.25) is 9.36 Å². The van der Waals surface area contributed by atoms with E-state index < -0.39 is 0 Å². The molecule has 2 heterocycles. The molecule has 0 unspecified atom stereocenters. The van der Waals surface area contributed by atoms with E-state index in [1.807, 2.05) is 34.9 Å². The van der Waals surface area contributed by atoms with Crippen LogP contribution >= 0.6 is 11.8 Å². The smallest absolute Gasteiger partial charge is 0.230 e. The first kappa shape index (κ1) is 21.0. The highest BCUT2D eigenvalue weighted by atomic mass is 32.2. The van der Waals surface area contributed by atoms with E-state index in [1.54, 1.807) is 31.6 Å². The van der Waals surface area contributed by atoms with E-state index in [9.17, 15) is 9.90 Å². The Morgan fingerprint density at radius 1 is 1.19 bits per heavy atom. The minimum Gasteiger partial charge on any atom is -0.507 e. The Morgan fingerprint density at radius 2 is 2.00 bits per heavy atom. The van der Waals surface area contributed by atoms with Gasteiger partial charge in [-0.05, 0) is 35.0 Å². The Labute approximate surface area is 183 Å². The van der Waals surface area contributed by atoms with Crippen LogP contribution < -0.4 is 5.32 Å². The second-order valence-electron chi connectivity index (χ2n) is 6.81. The van der Waals surface area contributed by atoms with Crippen LogP contribution in [0, 0.1) is 0 Å². The standard InChI is InChI=1S/C22H22N4O4S/c1-29-10-8-26-21(18-11-15-5-2-3-6-16(15)12-19(18)27)24-25-22(26)31-14-20(28)23-13-17-7-4-9-30-17/h2-7,9,11-12,27H,8,10,13-14H2,1H3,(H,23,28). The molecule has 9 heteroatoms. The molecule has 0 aliphatic rings. The third-order valence-corrected chi connectivity index (χ3v) is 5.68. The molecule has 0 aliphatic heterocycles. The number of phenols is 1. The maximum Gasteiger partial charge on any atom is 0.230 e. The number of furan rings is 1. The van der Waals surface area contributed by atoms with Gasteiger partial charge in [-0.1, -0.05) is 36.0 Å². The quantitative estimate of drug-likeness (QED) is 0.386. The highest BCUT2D eigenvalue weighted by molar-refractivity contribution is 7.99. The number of aromatic hydroxyl groups is 1. The third-order valence-electron chi connectivity index (χ3n) is 4.71. The number of nitrogens with one attached hydrogen (secondary N) is 1. The first-order chi connectivity index (χ1) is 15.2. The molecule has 0 fully saturated rings. The van der Waals surface area contributed by atoms with Gasteiger partial charge in [-0.2, -0.15) is 0 Å². The summed E-state index contributed by atoms with van der Waals surface area (Å²) in [6.45, 7) is 1.26. The lowest BCUT2D eigenvalue weighted by atomic mass is 10.1. The molecule has 1 amide bonds. The molecular weight excluding hydrogens is 416 g/mol. The summed E-state index contributed by atoms with van der Waals surface area (Å²) in [6, 6.07) is 15.0. The zero-order chi connectivity index (χ0) is 21.6.